The third-order valence-electron chi connectivity index (χ3n) is 4.77. The Balaban J connectivity index is 1.67. The number of aromatic nitrogens is 1. The van der Waals surface area contributed by atoms with E-state index >= 15 is 0 Å². The number of aliphatic hydroxyl groups is 1. The van der Waals surface area contributed by atoms with Crippen LogP contribution in [0.2, 0.25) is 0 Å². The number of fused-ring (bicyclic) bond motifs is 1. The van der Waals surface area contributed by atoms with Crippen molar-refractivity contribution >= 4 is 22.8 Å². The largest absolute Gasteiger partial charge is 0.481 e. The number of aromatic amines is 1. The lowest BCUT2D eigenvalue weighted by Crippen LogP contribution is -2.54. The SMILES string of the molecule is Cc1ccc2[nH]c(C(=O)NCC3(O)CC(C(=O)O)C3)cc2c1C. The second-order valence-corrected chi connectivity index (χ2v) is 6.50. The molecule has 1 aliphatic carbocycles. The molecule has 0 saturated heterocycles. The normalized spacial score (nSPS) is 23.5. The molecule has 6 heteroatoms. The number of hydrogen-bond acceptors (Lipinski definition) is 3. The molecule has 0 spiro atoms. The van der Waals surface area contributed by atoms with Crippen molar-refractivity contribution in [3.8, 4) is 0 Å². The molecule has 23 heavy (non-hydrogen) atoms. The van der Waals surface area contributed by atoms with Crippen molar-refractivity contribution in [3.63, 3.8) is 0 Å². The van der Waals surface area contributed by atoms with Crippen LogP contribution in [0, 0.1) is 19.8 Å². The van der Waals surface area contributed by atoms with E-state index in [1.54, 1.807) is 6.07 Å². The Morgan fingerprint density at radius 3 is 2.70 bits per heavy atom. The Kier molecular flexibility index (Phi) is 3.64. The Labute approximate surface area is 133 Å². The molecule has 1 fully saturated rings. The smallest absolute Gasteiger partial charge is 0.306 e. The average molecular weight is 316 g/mol. The molecule has 1 amide bonds. The molecule has 1 heterocycles. The molecule has 4 N–H and O–H groups in total. The molecule has 0 unspecified atom stereocenters. The molecule has 2 aromatic rings. The van der Waals surface area contributed by atoms with Crippen LogP contribution in [-0.2, 0) is 4.79 Å². The van der Waals surface area contributed by atoms with E-state index in [0.717, 1.165) is 22.0 Å². The maximum absolute atomic E-state index is 12.2. The van der Waals surface area contributed by atoms with Crippen molar-refractivity contribution < 1.29 is 19.8 Å². The van der Waals surface area contributed by atoms with E-state index in [4.69, 9.17) is 5.11 Å². The number of carboxylic acids is 1. The quantitative estimate of drug-likeness (QED) is 0.690. The summed E-state index contributed by atoms with van der Waals surface area (Å²) in [6.07, 6.45) is 0.348. The maximum Gasteiger partial charge on any atom is 0.306 e. The number of rotatable bonds is 4. The Morgan fingerprint density at radius 1 is 1.35 bits per heavy atom. The van der Waals surface area contributed by atoms with E-state index in [0.29, 0.717) is 5.69 Å². The van der Waals surface area contributed by atoms with Gasteiger partial charge in [-0.05, 0) is 49.9 Å². The number of carbonyl (C=O) groups is 2. The molecule has 6 nitrogen and oxygen atoms in total. The van der Waals surface area contributed by atoms with Gasteiger partial charge in [-0.15, -0.1) is 0 Å². The third kappa shape index (κ3) is 2.82. The van der Waals surface area contributed by atoms with Gasteiger partial charge in [-0.1, -0.05) is 6.07 Å². The van der Waals surface area contributed by atoms with Crippen LogP contribution in [0.15, 0.2) is 18.2 Å². The standard InChI is InChI=1S/C17H20N2O4/c1-9-3-4-13-12(10(9)2)5-14(19-13)15(20)18-8-17(23)6-11(7-17)16(21)22/h3-5,11,19,23H,6-8H2,1-2H3,(H,18,20)(H,21,22). The van der Waals surface area contributed by atoms with Gasteiger partial charge in [-0.3, -0.25) is 9.59 Å². The van der Waals surface area contributed by atoms with Gasteiger partial charge in [0.25, 0.3) is 5.91 Å². The van der Waals surface area contributed by atoms with E-state index in [1.807, 2.05) is 26.0 Å². The van der Waals surface area contributed by atoms with E-state index in [-0.39, 0.29) is 25.3 Å². The molecule has 1 aliphatic rings. The van der Waals surface area contributed by atoms with Crippen molar-refractivity contribution in [1.82, 2.24) is 10.3 Å². The fraction of sp³-hybridized carbons (Fsp3) is 0.412. The number of H-pyrrole nitrogens is 1. The zero-order valence-electron chi connectivity index (χ0n) is 13.1. The minimum absolute atomic E-state index is 0.0585. The topological polar surface area (TPSA) is 102 Å². The van der Waals surface area contributed by atoms with E-state index in [2.05, 4.69) is 10.3 Å². The first-order valence-electron chi connectivity index (χ1n) is 7.61. The number of carboxylic acid groups (broad SMARTS) is 1. The highest BCUT2D eigenvalue weighted by Gasteiger charge is 2.46. The molecular weight excluding hydrogens is 296 g/mol. The van der Waals surface area contributed by atoms with Crippen molar-refractivity contribution in [2.24, 2.45) is 5.92 Å². The lowest BCUT2D eigenvalue weighted by molar-refractivity contribution is -0.157. The van der Waals surface area contributed by atoms with Gasteiger partial charge < -0.3 is 20.5 Å². The first-order chi connectivity index (χ1) is 10.8. The van der Waals surface area contributed by atoms with E-state index < -0.39 is 17.5 Å². The van der Waals surface area contributed by atoms with Crippen molar-refractivity contribution in [1.29, 1.82) is 0 Å². The molecule has 122 valence electrons. The van der Waals surface area contributed by atoms with Crippen molar-refractivity contribution in [2.75, 3.05) is 6.54 Å². The molecule has 1 aromatic carbocycles. The van der Waals surface area contributed by atoms with Crippen molar-refractivity contribution in [3.05, 3.63) is 35.0 Å². The molecular formula is C17H20N2O4. The zero-order chi connectivity index (χ0) is 16.8. The van der Waals surface area contributed by atoms with Gasteiger partial charge in [0.2, 0.25) is 0 Å². The number of nitrogens with one attached hydrogen (secondary N) is 2. The summed E-state index contributed by atoms with van der Waals surface area (Å²) in [6, 6.07) is 5.74. The highest BCUT2D eigenvalue weighted by Crippen LogP contribution is 2.37. The van der Waals surface area contributed by atoms with Gasteiger partial charge in [0.05, 0.1) is 11.5 Å². The summed E-state index contributed by atoms with van der Waals surface area (Å²) < 4.78 is 0. The van der Waals surface area contributed by atoms with Gasteiger partial charge >= 0.3 is 5.97 Å². The van der Waals surface area contributed by atoms with Crippen molar-refractivity contribution in [2.45, 2.75) is 32.3 Å². The van der Waals surface area contributed by atoms with Gasteiger partial charge in [0, 0.05) is 17.4 Å². The van der Waals surface area contributed by atoms with Crippen LogP contribution in [0.4, 0.5) is 0 Å². The lowest BCUT2D eigenvalue weighted by atomic mass is 9.71. The molecule has 0 aliphatic heterocycles. The predicted molar refractivity (Wildman–Crippen MR) is 85.4 cm³/mol. The highest BCUT2D eigenvalue weighted by atomic mass is 16.4. The maximum atomic E-state index is 12.2. The predicted octanol–water partition coefficient (Wildman–Crippen LogP) is 1.74. The first kappa shape index (κ1) is 15.6. The van der Waals surface area contributed by atoms with E-state index in [1.165, 1.54) is 0 Å². The van der Waals surface area contributed by atoms with E-state index in [9.17, 15) is 14.7 Å². The molecule has 3 rings (SSSR count). The molecule has 0 radical (unpaired) electrons. The van der Waals surface area contributed by atoms with Gasteiger partial charge in [-0.2, -0.15) is 0 Å². The number of carbonyl (C=O) groups excluding carboxylic acids is 1. The Hall–Kier alpha value is -2.34. The fourth-order valence-corrected chi connectivity index (χ4v) is 3.10. The highest BCUT2D eigenvalue weighted by molar-refractivity contribution is 5.99. The first-order valence-corrected chi connectivity index (χ1v) is 7.61. The molecule has 1 aromatic heterocycles. The van der Waals surface area contributed by atoms with Crippen LogP contribution in [-0.4, -0.2) is 39.2 Å². The van der Waals surface area contributed by atoms with Gasteiger partial charge in [0.1, 0.15) is 5.69 Å². The number of aryl methyl sites for hydroxylation is 2. The molecule has 1 saturated carbocycles. The number of hydrogen-bond donors (Lipinski definition) is 4. The summed E-state index contributed by atoms with van der Waals surface area (Å²) in [6.45, 7) is 4.09. The number of amides is 1. The van der Waals surface area contributed by atoms with Gasteiger partial charge in [-0.25, -0.2) is 0 Å². The summed E-state index contributed by atoms with van der Waals surface area (Å²) in [5, 5.41) is 22.7. The summed E-state index contributed by atoms with van der Waals surface area (Å²) in [4.78, 5) is 26.1. The van der Waals surface area contributed by atoms with Crippen LogP contribution < -0.4 is 5.32 Å². The number of aliphatic carboxylic acids is 1. The minimum Gasteiger partial charge on any atom is -0.481 e. The lowest BCUT2D eigenvalue weighted by Gasteiger charge is -2.41. The summed E-state index contributed by atoms with van der Waals surface area (Å²) >= 11 is 0. The van der Waals surface area contributed by atoms with Crippen LogP contribution >= 0.6 is 0 Å². The zero-order valence-corrected chi connectivity index (χ0v) is 13.1. The van der Waals surface area contributed by atoms with Crippen LogP contribution in [0.5, 0.6) is 0 Å². The molecule has 0 atom stereocenters. The fourth-order valence-electron chi connectivity index (χ4n) is 3.10. The molecule has 0 bridgehead atoms. The monoisotopic (exact) mass is 316 g/mol. The van der Waals surface area contributed by atoms with Gasteiger partial charge in [0.15, 0.2) is 0 Å². The summed E-state index contributed by atoms with van der Waals surface area (Å²) in [5.41, 5.74) is 2.50. The van der Waals surface area contributed by atoms with Crippen LogP contribution in [0.3, 0.4) is 0 Å². The summed E-state index contributed by atoms with van der Waals surface area (Å²) in [7, 11) is 0. The Morgan fingerprint density at radius 2 is 2.04 bits per heavy atom. The third-order valence-corrected chi connectivity index (χ3v) is 4.77. The second kappa shape index (κ2) is 5.38. The average Bonchev–Trinajstić information content (AvgIpc) is 2.90. The minimum atomic E-state index is -1.11. The van der Waals surface area contributed by atoms with Crippen LogP contribution in [0.25, 0.3) is 10.9 Å². The summed E-state index contributed by atoms with van der Waals surface area (Å²) in [5.74, 6) is -1.72. The second-order valence-electron chi connectivity index (χ2n) is 6.50. The van der Waals surface area contributed by atoms with Crippen LogP contribution in [0.1, 0.15) is 34.5 Å². The Bertz CT molecular complexity index is 787. The number of benzene rings is 1.